The van der Waals surface area contributed by atoms with E-state index in [-0.39, 0.29) is 12.4 Å². The molecule has 0 bridgehead atoms. The van der Waals surface area contributed by atoms with Gasteiger partial charge in [0.1, 0.15) is 18.1 Å². The van der Waals surface area contributed by atoms with Crippen LogP contribution in [0.25, 0.3) is 0 Å². The summed E-state index contributed by atoms with van der Waals surface area (Å²) in [7, 11) is -3.41. The molecule has 2 rings (SSSR count). The van der Waals surface area contributed by atoms with Crippen LogP contribution >= 0.6 is 0 Å². The molecule has 0 radical (unpaired) electrons. The van der Waals surface area contributed by atoms with E-state index < -0.39 is 10.0 Å². The first-order valence-electron chi connectivity index (χ1n) is 7.86. The molecule has 2 aromatic rings. The Labute approximate surface area is 138 Å². The zero-order chi connectivity index (χ0) is 16.5. The second-order valence-corrected chi connectivity index (χ2v) is 7.22. The Hall–Kier alpha value is -2.01. The number of ether oxygens (including phenoxy) is 1. The molecule has 0 fully saturated rings. The molecule has 0 aromatic heterocycles. The van der Waals surface area contributed by atoms with Gasteiger partial charge in [0.15, 0.2) is 0 Å². The van der Waals surface area contributed by atoms with Crippen LogP contribution in [0.15, 0.2) is 54.6 Å². The molecule has 2 aromatic carbocycles. The van der Waals surface area contributed by atoms with Gasteiger partial charge in [0, 0.05) is 5.69 Å². The van der Waals surface area contributed by atoms with Crippen LogP contribution in [-0.4, -0.2) is 20.8 Å². The molecule has 0 saturated heterocycles. The lowest BCUT2D eigenvalue weighted by molar-refractivity contribution is 0.341. The normalized spacial score (nSPS) is 11.2. The van der Waals surface area contributed by atoms with E-state index in [4.69, 9.17) is 4.74 Å². The van der Waals surface area contributed by atoms with Crippen molar-refractivity contribution in [3.05, 3.63) is 60.2 Å². The number of rotatable bonds is 9. The van der Waals surface area contributed by atoms with Crippen LogP contribution in [0.2, 0.25) is 0 Å². The molecule has 0 saturated carbocycles. The summed E-state index contributed by atoms with van der Waals surface area (Å²) in [5.74, 6) is 0.586. The predicted molar refractivity (Wildman–Crippen MR) is 94.4 cm³/mol. The zero-order valence-electron chi connectivity index (χ0n) is 13.4. The summed E-state index contributed by atoms with van der Waals surface area (Å²) in [6, 6.07) is 16.7. The Bertz CT molecular complexity index is 682. The number of hydrogen-bond acceptors (Lipinski definition) is 3. The molecule has 23 heavy (non-hydrogen) atoms. The number of para-hydroxylation sites is 1. The summed E-state index contributed by atoms with van der Waals surface area (Å²) in [5, 5.41) is 0. The number of nitrogens with one attached hydrogen (secondary N) is 1. The van der Waals surface area contributed by atoms with Crippen molar-refractivity contribution in [2.75, 3.05) is 17.1 Å². The maximum absolute atomic E-state index is 12.1. The number of aryl methyl sites for hydroxylation is 1. The molecule has 5 heteroatoms. The smallest absolute Gasteiger partial charge is 0.236 e. The molecule has 0 aliphatic heterocycles. The van der Waals surface area contributed by atoms with Crippen LogP contribution < -0.4 is 9.46 Å². The van der Waals surface area contributed by atoms with Crippen molar-refractivity contribution in [1.29, 1.82) is 0 Å². The molecular formula is C18H23NO3S. The predicted octanol–water partition coefficient (Wildman–Crippen LogP) is 3.85. The molecular weight excluding hydrogens is 310 g/mol. The van der Waals surface area contributed by atoms with Crippen LogP contribution in [0, 0.1) is 0 Å². The van der Waals surface area contributed by atoms with Crippen molar-refractivity contribution in [3.63, 3.8) is 0 Å². The van der Waals surface area contributed by atoms with E-state index in [1.807, 2.05) is 30.3 Å². The van der Waals surface area contributed by atoms with Gasteiger partial charge in [0.05, 0.1) is 0 Å². The van der Waals surface area contributed by atoms with E-state index in [1.165, 1.54) is 5.56 Å². The number of unbranched alkanes of at least 4 members (excludes halogenated alkanes) is 1. The third kappa shape index (κ3) is 6.32. The molecule has 0 spiro atoms. The summed E-state index contributed by atoms with van der Waals surface area (Å²) < 4.78 is 32.1. The summed E-state index contributed by atoms with van der Waals surface area (Å²) in [5.41, 5.74) is 1.81. The van der Waals surface area contributed by atoms with Gasteiger partial charge in [0.2, 0.25) is 10.0 Å². The fourth-order valence-corrected chi connectivity index (χ4v) is 3.04. The molecule has 0 heterocycles. The van der Waals surface area contributed by atoms with E-state index in [2.05, 4.69) is 11.6 Å². The first-order chi connectivity index (χ1) is 11.1. The Morgan fingerprint density at radius 3 is 2.35 bits per heavy atom. The molecule has 0 amide bonds. The van der Waals surface area contributed by atoms with Gasteiger partial charge in [-0.3, -0.25) is 4.72 Å². The van der Waals surface area contributed by atoms with Gasteiger partial charge < -0.3 is 4.74 Å². The maximum Gasteiger partial charge on any atom is 0.236 e. The maximum atomic E-state index is 12.1. The van der Waals surface area contributed by atoms with Crippen LogP contribution in [0.5, 0.6) is 5.75 Å². The van der Waals surface area contributed by atoms with E-state index in [1.54, 1.807) is 24.3 Å². The Morgan fingerprint density at radius 1 is 1.00 bits per heavy atom. The minimum atomic E-state index is -3.41. The monoisotopic (exact) mass is 333 g/mol. The lowest BCUT2D eigenvalue weighted by atomic mass is 10.1. The number of anilines is 1. The minimum absolute atomic E-state index is 0.0838. The van der Waals surface area contributed by atoms with E-state index in [0.717, 1.165) is 19.3 Å². The number of benzene rings is 2. The van der Waals surface area contributed by atoms with Gasteiger partial charge in [-0.2, -0.15) is 0 Å². The molecule has 1 N–H and O–H groups in total. The first-order valence-corrected chi connectivity index (χ1v) is 9.51. The van der Waals surface area contributed by atoms with Gasteiger partial charge in [0.25, 0.3) is 0 Å². The molecule has 0 aliphatic rings. The van der Waals surface area contributed by atoms with Gasteiger partial charge in [-0.05, 0) is 42.7 Å². The fourth-order valence-electron chi connectivity index (χ4n) is 2.14. The molecule has 0 atom stereocenters. The largest absolute Gasteiger partial charge is 0.492 e. The Kier molecular flexibility index (Phi) is 6.47. The Balaban J connectivity index is 1.83. The quantitative estimate of drug-likeness (QED) is 0.758. The zero-order valence-corrected chi connectivity index (χ0v) is 14.2. The van der Waals surface area contributed by atoms with Crippen LogP contribution in [0.4, 0.5) is 5.69 Å². The van der Waals surface area contributed by atoms with Crippen molar-refractivity contribution in [2.45, 2.75) is 26.2 Å². The molecule has 4 nitrogen and oxygen atoms in total. The number of hydrogen-bond donors (Lipinski definition) is 1. The van der Waals surface area contributed by atoms with Gasteiger partial charge in [-0.1, -0.05) is 43.7 Å². The summed E-state index contributed by atoms with van der Waals surface area (Å²) >= 11 is 0. The highest BCUT2D eigenvalue weighted by Crippen LogP contribution is 2.14. The average Bonchev–Trinajstić information content (AvgIpc) is 2.55. The third-order valence-corrected chi connectivity index (χ3v) is 4.66. The van der Waals surface area contributed by atoms with Crippen molar-refractivity contribution in [2.24, 2.45) is 0 Å². The molecule has 124 valence electrons. The standard InChI is InChI=1S/C18H23NO3S/c1-2-3-7-16-10-12-17(13-11-16)19-23(20,21)15-14-22-18-8-5-4-6-9-18/h4-6,8-13,19H,2-3,7,14-15H2,1H3. The van der Waals surface area contributed by atoms with Gasteiger partial charge in [-0.25, -0.2) is 8.42 Å². The van der Waals surface area contributed by atoms with Crippen LogP contribution in [-0.2, 0) is 16.4 Å². The first kappa shape index (κ1) is 17.3. The summed E-state index contributed by atoms with van der Waals surface area (Å²) in [4.78, 5) is 0. The van der Waals surface area contributed by atoms with E-state index in [9.17, 15) is 8.42 Å². The van der Waals surface area contributed by atoms with E-state index >= 15 is 0 Å². The number of sulfonamides is 1. The van der Waals surface area contributed by atoms with E-state index in [0.29, 0.717) is 11.4 Å². The second-order valence-electron chi connectivity index (χ2n) is 5.38. The second kappa shape index (κ2) is 8.58. The van der Waals surface area contributed by atoms with Crippen molar-refractivity contribution in [1.82, 2.24) is 0 Å². The third-order valence-electron chi connectivity index (χ3n) is 3.41. The summed E-state index contributed by atoms with van der Waals surface area (Å²) in [6.07, 6.45) is 3.31. The molecule has 0 aliphatic carbocycles. The lowest BCUT2D eigenvalue weighted by Crippen LogP contribution is -2.21. The lowest BCUT2D eigenvalue weighted by Gasteiger charge is -2.10. The minimum Gasteiger partial charge on any atom is -0.492 e. The van der Waals surface area contributed by atoms with Crippen molar-refractivity contribution < 1.29 is 13.2 Å². The highest BCUT2D eigenvalue weighted by Gasteiger charge is 2.10. The SMILES string of the molecule is CCCCc1ccc(NS(=O)(=O)CCOc2ccccc2)cc1. The highest BCUT2D eigenvalue weighted by atomic mass is 32.2. The topological polar surface area (TPSA) is 55.4 Å². The average molecular weight is 333 g/mol. The van der Waals surface area contributed by atoms with Crippen molar-refractivity contribution >= 4 is 15.7 Å². The summed E-state index contributed by atoms with van der Waals surface area (Å²) in [6.45, 7) is 2.27. The van der Waals surface area contributed by atoms with Crippen molar-refractivity contribution in [3.8, 4) is 5.75 Å². The van der Waals surface area contributed by atoms with Gasteiger partial charge >= 0.3 is 0 Å². The van der Waals surface area contributed by atoms with Gasteiger partial charge in [-0.15, -0.1) is 0 Å². The fraction of sp³-hybridized carbons (Fsp3) is 0.333. The van der Waals surface area contributed by atoms with Crippen LogP contribution in [0.3, 0.4) is 0 Å². The Morgan fingerprint density at radius 2 is 1.70 bits per heavy atom. The van der Waals surface area contributed by atoms with Crippen LogP contribution in [0.1, 0.15) is 25.3 Å². The highest BCUT2D eigenvalue weighted by molar-refractivity contribution is 7.92. The molecule has 0 unspecified atom stereocenters.